The van der Waals surface area contributed by atoms with Crippen molar-refractivity contribution in [3.05, 3.63) is 12.3 Å². The summed E-state index contributed by atoms with van der Waals surface area (Å²) in [6.45, 7) is 3.12. The van der Waals surface area contributed by atoms with Crippen LogP contribution in [0.2, 0.25) is 0 Å². The fourth-order valence-corrected chi connectivity index (χ4v) is 2.39. The molecule has 2 rings (SSSR count). The minimum Gasteiger partial charge on any atom is -0.317 e. The van der Waals surface area contributed by atoms with E-state index in [0.717, 1.165) is 32.0 Å². The van der Waals surface area contributed by atoms with Crippen LogP contribution in [0.4, 0.5) is 0 Å². The van der Waals surface area contributed by atoms with Crippen molar-refractivity contribution in [1.29, 1.82) is 0 Å². The fourth-order valence-electron chi connectivity index (χ4n) is 2.39. The Morgan fingerprint density at radius 1 is 1.23 bits per heavy atom. The molecule has 0 aromatic heterocycles. The van der Waals surface area contributed by atoms with Gasteiger partial charge in [0.15, 0.2) is 0 Å². The molecule has 1 unspecified atom stereocenters. The molecule has 0 bridgehead atoms. The van der Waals surface area contributed by atoms with Gasteiger partial charge in [-0.1, -0.05) is 6.08 Å². The smallest absolute Gasteiger partial charge is 0.0480 e. The quantitative estimate of drug-likeness (QED) is 0.640. The minimum absolute atomic E-state index is 0.664. The SMILES string of the molecule is ON1C=CCC(C2CCNCC2)C1. The summed E-state index contributed by atoms with van der Waals surface area (Å²) in [5.41, 5.74) is 0. The van der Waals surface area contributed by atoms with Crippen LogP contribution in [0, 0.1) is 11.8 Å². The summed E-state index contributed by atoms with van der Waals surface area (Å²) in [6.07, 6.45) is 7.54. The van der Waals surface area contributed by atoms with Crippen LogP contribution in [0.5, 0.6) is 0 Å². The van der Waals surface area contributed by atoms with Crippen molar-refractivity contribution in [1.82, 2.24) is 10.4 Å². The van der Waals surface area contributed by atoms with Crippen LogP contribution in [-0.4, -0.2) is 29.9 Å². The number of allylic oxidation sites excluding steroid dienone is 1. The largest absolute Gasteiger partial charge is 0.317 e. The van der Waals surface area contributed by atoms with Crippen molar-refractivity contribution < 1.29 is 5.21 Å². The van der Waals surface area contributed by atoms with Crippen molar-refractivity contribution in [3.8, 4) is 0 Å². The Hall–Kier alpha value is -0.540. The minimum atomic E-state index is 0.664. The van der Waals surface area contributed by atoms with Gasteiger partial charge in [0.2, 0.25) is 0 Å². The molecule has 0 aromatic rings. The van der Waals surface area contributed by atoms with Gasteiger partial charge in [-0.3, -0.25) is 10.3 Å². The first-order valence-corrected chi connectivity index (χ1v) is 5.19. The summed E-state index contributed by atoms with van der Waals surface area (Å²) in [5.74, 6) is 1.47. The first-order chi connectivity index (χ1) is 6.36. The highest BCUT2D eigenvalue weighted by Crippen LogP contribution is 2.27. The van der Waals surface area contributed by atoms with E-state index in [9.17, 15) is 5.21 Å². The summed E-state index contributed by atoms with van der Waals surface area (Å²) >= 11 is 0. The summed E-state index contributed by atoms with van der Waals surface area (Å²) in [6, 6.07) is 0. The van der Waals surface area contributed by atoms with E-state index < -0.39 is 0 Å². The topological polar surface area (TPSA) is 35.5 Å². The lowest BCUT2D eigenvalue weighted by atomic mass is 9.82. The zero-order valence-electron chi connectivity index (χ0n) is 7.95. The molecule has 3 nitrogen and oxygen atoms in total. The number of piperidine rings is 1. The second kappa shape index (κ2) is 4.11. The maximum Gasteiger partial charge on any atom is 0.0480 e. The zero-order valence-corrected chi connectivity index (χ0v) is 7.95. The van der Waals surface area contributed by atoms with Crippen molar-refractivity contribution >= 4 is 0 Å². The number of hydrogen-bond acceptors (Lipinski definition) is 3. The van der Waals surface area contributed by atoms with E-state index in [1.165, 1.54) is 17.9 Å². The Labute approximate surface area is 79.4 Å². The number of hydroxylamine groups is 2. The van der Waals surface area contributed by atoms with E-state index in [1.807, 2.05) is 0 Å². The highest BCUT2D eigenvalue weighted by atomic mass is 16.5. The second-order valence-electron chi connectivity index (χ2n) is 4.09. The summed E-state index contributed by atoms with van der Waals surface area (Å²) < 4.78 is 0. The lowest BCUT2D eigenvalue weighted by Crippen LogP contribution is -2.36. The van der Waals surface area contributed by atoms with Crippen LogP contribution >= 0.6 is 0 Å². The van der Waals surface area contributed by atoms with Gasteiger partial charge in [-0.25, -0.2) is 0 Å². The fraction of sp³-hybridized carbons (Fsp3) is 0.800. The average molecular weight is 182 g/mol. The van der Waals surface area contributed by atoms with Crippen LogP contribution in [0.15, 0.2) is 12.3 Å². The molecule has 0 radical (unpaired) electrons. The normalized spacial score (nSPS) is 30.8. The van der Waals surface area contributed by atoms with Crippen molar-refractivity contribution in [3.63, 3.8) is 0 Å². The molecule has 0 saturated carbocycles. The predicted octanol–water partition coefficient (Wildman–Crippen LogP) is 1.21. The van der Waals surface area contributed by atoms with Gasteiger partial charge in [-0.15, -0.1) is 0 Å². The number of nitrogens with zero attached hydrogens (tertiary/aromatic N) is 1. The number of hydrogen-bond donors (Lipinski definition) is 2. The molecule has 2 aliphatic heterocycles. The molecule has 1 fully saturated rings. The Bertz CT molecular complexity index is 187. The molecule has 13 heavy (non-hydrogen) atoms. The van der Waals surface area contributed by atoms with Crippen LogP contribution in [0.25, 0.3) is 0 Å². The van der Waals surface area contributed by atoms with E-state index in [4.69, 9.17) is 0 Å². The monoisotopic (exact) mass is 182 g/mol. The van der Waals surface area contributed by atoms with Gasteiger partial charge in [0, 0.05) is 12.7 Å². The molecule has 2 heterocycles. The molecule has 1 atom stereocenters. The molecule has 2 aliphatic rings. The number of rotatable bonds is 1. The molecule has 0 aliphatic carbocycles. The van der Waals surface area contributed by atoms with Gasteiger partial charge in [0.1, 0.15) is 0 Å². The highest BCUT2D eigenvalue weighted by Gasteiger charge is 2.25. The van der Waals surface area contributed by atoms with E-state index >= 15 is 0 Å². The van der Waals surface area contributed by atoms with E-state index in [1.54, 1.807) is 6.20 Å². The molecule has 2 N–H and O–H groups in total. The standard InChI is InChI=1S/C10H18N2O/c13-12-7-1-2-10(8-12)9-3-5-11-6-4-9/h1,7,9-11,13H,2-6,8H2. The van der Waals surface area contributed by atoms with Crippen molar-refractivity contribution in [2.45, 2.75) is 19.3 Å². The third-order valence-corrected chi connectivity index (χ3v) is 3.19. The predicted molar refractivity (Wildman–Crippen MR) is 51.3 cm³/mol. The van der Waals surface area contributed by atoms with Crippen LogP contribution < -0.4 is 5.32 Å². The third kappa shape index (κ3) is 2.23. The van der Waals surface area contributed by atoms with Crippen molar-refractivity contribution in [2.24, 2.45) is 11.8 Å². The summed E-state index contributed by atoms with van der Waals surface area (Å²) in [4.78, 5) is 0. The maximum atomic E-state index is 9.34. The molecule has 74 valence electrons. The zero-order chi connectivity index (χ0) is 9.10. The van der Waals surface area contributed by atoms with Gasteiger partial charge in [0.25, 0.3) is 0 Å². The van der Waals surface area contributed by atoms with Crippen LogP contribution in [-0.2, 0) is 0 Å². The van der Waals surface area contributed by atoms with Crippen molar-refractivity contribution in [2.75, 3.05) is 19.6 Å². The molecular weight excluding hydrogens is 164 g/mol. The first kappa shape index (κ1) is 9.03. The lowest BCUT2D eigenvalue weighted by Gasteiger charge is -2.33. The van der Waals surface area contributed by atoms with Gasteiger partial charge in [0.05, 0.1) is 0 Å². The van der Waals surface area contributed by atoms with E-state index in [0.29, 0.717) is 5.92 Å². The second-order valence-corrected chi connectivity index (χ2v) is 4.09. The summed E-state index contributed by atoms with van der Waals surface area (Å²) in [7, 11) is 0. The third-order valence-electron chi connectivity index (χ3n) is 3.19. The van der Waals surface area contributed by atoms with E-state index in [2.05, 4.69) is 11.4 Å². The van der Waals surface area contributed by atoms with Crippen LogP contribution in [0.1, 0.15) is 19.3 Å². The highest BCUT2D eigenvalue weighted by molar-refractivity contribution is 4.91. The average Bonchev–Trinajstić information content (AvgIpc) is 2.19. The first-order valence-electron chi connectivity index (χ1n) is 5.19. The Kier molecular flexibility index (Phi) is 2.86. The van der Waals surface area contributed by atoms with Crippen LogP contribution in [0.3, 0.4) is 0 Å². The van der Waals surface area contributed by atoms with E-state index in [-0.39, 0.29) is 0 Å². The molecule has 0 spiro atoms. The maximum absolute atomic E-state index is 9.34. The van der Waals surface area contributed by atoms with Gasteiger partial charge in [-0.05, 0) is 44.2 Å². The lowest BCUT2D eigenvalue weighted by molar-refractivity contribution is -0.0664. The van der Waals surface area contributed by atoms with Gasteiger partial charge < -0.3 is 5.32 Å². The number of nitrogens with one attached hydrogen (secondary N) is 1. The molecular formula is C10H18N2O. The molecule has 0 aromatic carbocycles. The Morgan fingerprint density at radius 3 is 2.69 bits per heavy atom. The summed E-state index contributed by atoms with van der Waals surface area (Å²) in [5, 5.41) is 14.0. The van der Waals surface area contributed by atoms with Gasteiger partial charge >= 0.3 is 0 Å². The molecule has 3 heteroatoms. The molecule has 0 amide bonds. The Balaban J connectivity index is 1.88. The molecule has 1 saturated heterocycles. The van der Waals surface area contributed by atoms with Gasteiger partial charge in [-0.2, -0.15) is 0 Å². The Morgan fingerprint density at radius 2 is 2.00 bits per heavy atom.